The quantitative estimate of drug-likeness (QED) is 0.571. The van der Waals surface area contributed by atoms with E-state index in [0.29, 0.717) is 31.0 Å². The fourth-order valence-electron chi connectivity index (χ4n) is 3.70. The van der Waals surface area contributed by atoms with Crippen LogP contribution < -0.4 is 10.1 Å². The van der Waals surface area contributed by atoms with E-state index in [4.69, 9.17) is 4.74 Å². The van der Waals surface area contributed by atoms with Crippen LogP contribution in [-0.2, 0) is 12.7 Å². The lowest BCUT2D eigenvalue weighted by Gasteiger charge is -2.24. The van der Waals surface area contributed by atoms with Gasteiger partial charge in [0.05, 0.1) is 24.0 Å². The molecule has 0 fully saturated rings. The van der Waals surface area contributed by atoms with Gasteiger partial charge in [-0.25, -0.2) is 4.39 Å². The molecule has 0 spiro atoms. The van der Waals surface area contributed by atoms with Crippen molar-refractivity contribution in [3.8, 4) is 17.0 Å². The van der Waals surface area contributed by atoms with E-state index in [2.05, 4.69) is 15.4 Å². The van der Waals surface area contributed by atoms with Crippen LogP contribution in [0.5, 0.6) is 5.75 Å². The van der Waals surface area contributed by atoms with E-state index in [0.717, 1.165) is 24.8 Å². The van der Waals surface area contributed by atoms with Crippen LogP contribution in [0.3, 0.4) is 0 Å². The van der Waals surface area contributed by atoms with E-state index in [1.54, 1.807) is 17.7 Å². The summed E-state index contributed by atoms with van der Waals surface area (Å²) in [6.07, 6.45) is -2.13. The molecular weight excluding hydrogens is 428 g/mol. The number of pyridine rings is 1. The van der Waals surface area contributed by atoms with Crippen molar-refractivity contribution >= 4 is 5.91 Å². The van der Waals surface area contributed by atoms with Crippen molar-refractivity contribution in [3.63, 3.8) is 0 Å². The van der Waals surface area contributed by atoms with Crippen molar-refractivity contribution in [1.29, 1.82) is 0 Å². The Kier molecular flexibility index (Phi) is 5.86. The molecule has 3 heterocycles. The second kappa shape index (κ2) is 8.60. The number of benzene rings is 1. The molecule has 1 aromatic carbocycles. The fourth-order valence-corrected chi connectivity index (χ4v) is 3.70. The number of nitrogens with one attached hydrogen (secondary N) is 1. The predicted octanol–water partition coefficient (Wildman–Crippen LogP) is 4.77. The summed E-state index contributed by atoms with van der Waals surface area (Å²) in [4.78, 5) is 16.1. The first-order valence-electron chi connectivity index (χ1n) is 10.1. The van der Waals surface area contributed by atoms with E-state index in [1.165, 1.54) is 18.2 Å². The zero-order chi connectivity index (χ0) is 22.9. The third-order valence-corrected chi connectivity index (χ3v) is 5.13. The molecule has 1 amide bonds. The largest absolute Gasteiger partial charge is 0.494 e. The average Bonchev–Trinajstić information content (AvgIpc) is 3.18. The summed E-state index contributed by atoms with van der Waals surface area (Å²) in [5.74, 6) is -0.808. The molecule has 0 saturated heterocycles. The summed E-state index contributed by atoms with van der Waals surface area (Å²) < 4.78 is 59.9. The molecule has 168 valence electrons. The third kappa shape index (κ3) is 4.58. The monoisotopic (exact) mass is 448 g/mol. The van der Waals surface area contributed by atoms with Gasteiger partial charge in [0, 0.05) is 29.9 Å². The number of carbonyl (C=O) groups excluding carboxylic acids is 1. The van der Waals surface area contributed by atoms with E-state index in [1.807, 2.05) is 0 Å². The fraction of sp³-hybridized carbons (Fsp3) is 0.318. The van der Waals surface area contributed by atoms with Crippen LogP contribution in [-0.4, -0.2) is 27.3 Å². The second-order valence-electron chi connectivity index (χ2n) is 7.38. The number of ether oxygens (including phenoxy) is 1. The van der Waals surface area contributed by atoms with E-state index in [-0.39, 0.29) is 16.9 Å². The van der Waals surface area contributed by atoms with Crippen molar-refractivity contribution < 1.29 is 27.1 Å². The van der Waals surface area contributed by atoms with Gasteiger partial charge in [-0.1, -0.05) is 0 Å². The number of nitrogens with zero attached hydrogens (tertiary/aromatic N) is 3. The van der Waals surface area contributed by atoms with E-state index >= 15 is 0 Å². The number of rotatable bonds is 5. The Morgan fingerprint density at radius 3 is 2.81 bits per heavy atom. The first-order valence-corrected chi connectivity index (χ1v) is 10.1. The molecule has 1 unspecified atom stereocenters. The standard InChI is InChI=1S/C22H20F4N4O2/c1-2-32-16-9-14(8-15(23)11-16)21(31)28-17-4-3-7-30-19(17)12-18(29-30)13-5-6-27-20(10-13)22(24,25)26/h5-6,8-12,17H,2-4,7H2,1H3,(H,28,31). The second-order valence-corrected chi connectivity index (χ2v) is 7.38. The van der Waals surface area contributed by atoms with Gasteiger partial charge < -0.3 is 10.1 Å². The number of amides is 1. The van der Waals surface area contributed by atoms with Gasteiger partial charge in [-0.3, -0.25) is 14.5 Å². The number of alkyl halides is 3. The molecule has 10 heteroatoms. The maximum Gasteiger partial charge on any atom is 0.433 e. The minimum atomic E-state index is -4.56. The molecule has 0 bridgehead atoms. The zero-order valence-corrected chi connectivity index (χ0v) is 17.1. The molecule has 1 aliphatic rings. The number of hydrogen-bond acceptors (Lipinski definition) is 4. The van der Waals surface area contributed by atoms with Crippen LogP contribution in [0.1, 0.15) is 47.6 Å². The molecule has 1 aliphatic heterocycles. The van der Waals surface area contributed by atoms with Crippen molar-refractivity contribution in [2.45, 2.75) is 38.5 Å². The Bertz CT molecular complexity index is 1140. The molecular formula is C22H20F4N4O2. The van der Waals surface area contributed by atoms with Crippen LogP contribution in [0, 0.1) is 5.82 Å². The minimum Gasteiger partial charge on any atom is -0.494 e. The molecule has 32 heavy (non-hydrogen) atoms. The lowest BCUT2D eigenvalue weighted by atomic mass is 10.0. The molecule has 4 rings (SSSR count). The number of aryl methyl sites for hydroxylation is 1. The number of halogens is 4. The summed E-state index contributed by atoms with van der Waals surface area (Å²) in [5, 5.41) is 7.29. The van der Waals surface area contributed by atoms with Crippen LogP contribution >= 0.6 is 0 Å². The Morgan fingerprint density at radius 2 is 2.06 bits per heavy atom. The number of fused-ring (bicyclic) bond motifs is 1. The maximum absolute atomic E-state index is 13.9. The highest BCUT2D eigenvalue weighted by Gasteiger charge is 2.33. The molecule has 1 N–H and O–H groups in total. The van der Waals surface area contributed by atoms with Crippen molar-refractivity contribution in [2.24, 2.45) is 0 Å². The first-order chi connectivity index (χ1) is 15.2. The van der Waals surface area contributed by atoms with Gasteiger partial charge in [0.25, 0.3) is 5.91 Å². The lowest BCUT2D eigenvalue weighted by molar-refractivity contribution is -0.141. The summed E-state index contributed by atoms with van der Waals surface area (Å²) >= 11 is 0. The normalized spacial score (nSPS) is 15.8. The molecule has 3 aromatic rings. The van der Waals surface area contributed by atoms with Gasteiger partial charge in [0.2, 0.25) is 0 Å². The molecule has 0 radical (unpaired) electrons. The van der Waals surface area contributed by atoms with Gasteiger partial charge in [-0.05, 0) is 50.1 Å². The van der Waals surface area contributed by atoms with E-state index in [9.17, 15) is 22.4 Å². The SMILES string of the molecule is CCOc1cc(F)cc(C(=O)NC2CCCn3nc(-c4ccnc(C(F)(F)F)c4)cc32)c1. The topological polar surface area (TPSA) is 69.0 Å². The summed E-state index contributed by atoms with van der Waals surface area (Å²) in [6, 6.07) is 7.44. The summed E-state index contributed by atoms with van der Waals surface area (Å²) in [5.41, 5.74) is 0.437. The third-order valence-electron chi connectivity index (χ3n) is 5.13. The molecule has 0 saturated carbocycles. The van der Waals surface area contributed by atoms with Gasteiger partial charge in [-0.15, -0.1) is 0 Å². The van der Waals surface area contributed by atoms with Crippen molar-refractivity contribution in [1.82, 2.24) is 20.1 Å². The predicted molar refractivity (Wildman–Crippen MR) is 107 cm³/mol. The average molecular weight is 448 g/mol. The highest BCUT2D eigenvalue weighted by Crippen LogP contribution is 2.33. The Labute approximate surface area is 181 Å². The molecule has 1 atom stereocenters. The van der Waals surface area contributed by atoms with Crippen molar-refractivity contribution in [3.05, 3.63) is 65.4 Å². The Balaban J connectivity index is 1.59. The Morgan fingerprint density at radius 1 is 1.25 bits per heavy atom. The van der Waals surface area contributed by atoms with Gasteiger partial charge in [0.1, 0.15) is 17.3 Å². The van der Waals surface area contributed by atoms with Gasteiger partial charge in [0.15, 0.2) is 0 Å². The smallest absolute Gasteiger partial charge is 0.433 e. The molecule has 2 aromatic heterocycles. The van der Waals surface area contributed by atoms with Crippen molar-refractivity contribution in [2.75, 3.05) is 6.61 Å². The minimum absolute atomic E-state index is 0.120. The Hall–Kier alpha value is -3.43. The van der Waals surface area contributed by atoms with Crippen LogP contribution in [0.2, 0.25) is 0 Å². The lowest BCUT2D eigenvalue weighted by Crippen LogP contribution is -2.32. The summed E-state index contributed by atoms with van der Waals surface area (Å²) in [7, 11) is 0. The van der Waals surface area contributed by atoms with Gasteiger partial charge >= 0.3 is 6.18 Å². The number of carbonyl (C=O) groups is 1. The zero-order valence-electron chi connectivity index (χ0n) is 17.1. The summed E-state index contributed by atoms with van der Waals surface area (Å²) in [6.45, 7) is 2.67. The number of hydrogen-bond donors (Lipinski definition) is 1. The highest BCUT2D eigenvalue weighted by molar-refractivity contribution is 5.94. The number of aromatic nitrogens is 3. The van der Waals surface area contributed by atoms with Gasteiger partial charge in [-0.2, -0.15) is 18.3 Å². The van der Waals surface area contributed by atoms with E-state index < -0.39 is 29.6 Å². The van der Waals surface area contributed by atoms with Crippen LogP contribution in [0.15, 0.2) is 42.6 Å². The maximum atomic E-state index is 13.9. The first kappa shape index (κ1) is 21.8. The van der Waals surface area contributed by atoms with Crippen LogP contribution in [0.25, 0.3) is 11.3 Å². The van der Waals surface area contributed by atoms with Crippen LogP contribution in [0.4, 0.5) is 17.6 Å². The molecule has 6 nitrogen and oxygen atoms in total. The highest BCUT2D eigenvalue weighted by atomic mass is 19.4. The molecule has 0 aliphatic carbocycles.